The highest BCUT2D eigenvalue weighted by Gasteiger charge is 2.33. The average Bonchev–Trinajstić information content (AvgIpc) is 2.52. The van der Waals surface area contributed by atoms with Crippen molar-refractivity contribution in [3.63, 3.8) is 0 Å². The Bertz CT molecular complexity index is 732. The first-order valence-electron chi connectivity index (χ1n) is 8.04. The number of benzene rings is 2. The second kappa shape index (κ2) is 6.01. The van der Waals surface area contributed by atoms with E-state index in [-0.39, 0.29) is 5.54 Å². The maximum Gasteiger partial charge on any atom is 0.0630 e. The first-order valence-corrected chi connectivity index (χ1v) is 8.42. The van der Waals surface area contributed by atoms with Gasteiger partial charge >= 0.3 is 0 Å². The van der Waals surface area contributed by atoms with Crippen molar-refractivity contribution in [1.82, 2.24) is 0 Å². The van der Waals surface area contributed by atoms with Crippen LogP contribution in [0.3, 0.4) is 0 Å². The summed E-state index contributed by atoms with van der Waals surface area (Å²) in [4.78, 5) is 6.93. The standard InChI is InChI=1S/C20H23ClN2/c1-14-12-20(2,3)23(4)19-10-5-15(11-18(14)19)13-22-17-8-6-16(21)7-9-17/h5-11,13-14H,12H2,1-4H3. The number of fused-ring (bicyclic) bond motifs is 1. The Morgan fingerprint density at radius 3 is 2.57 bits per heavy atom. The Hall–Kier alpha value is -1.80. The van der Waals surface area contributed by atoms with Crippen LogP contribution in [-0.4, -0.2) is 18.8 Å². The minimum Gasteiger partial charge on any atom is -0.369 e. The predicted molar refractivity (Wildman–Crippen MR) is 101 cm³/mol. The van der Waals surface area contributed by atoms with Gasteiger partial charge in [0, 0.05) is 29.5 Å². The van der Waals surface area contributed by atoms with Crippen LogP contribution >= 0.6 is 11.6 Å². The van der Waals surface area contributed by atoms with Gasteiger partial charge in [0.1, 0.15) is 0 Å². The molecule has 1 atom stereocenters. The molecular formula is C20H23ClN2. The Labute approximate surface area is 143 Å². The van der Waals surface area contributed by atoms with Gasteiger partial charge in [0.2, 0.25) is 0 Å². The summed E-state index contributed by atoms with van der Waals surface area (Å²) in [5.74, 6) is 0.556. The van der Waals surface area contributed by atoms with Gasteiger partial charge in [-0.3, -0.25) is 4.99 Å². The highest BCUT2D eigenvalue weighted by molar-refractivity contribution is 6.30. The Morgan fingerprint density at radius 1 is 1.17 bits per heavy atom. The van der Waals surface area contributed by atoms with Crippen molar-refractivity contribution in [2.24, 2.45) is 4.99 Å². The van der Waals surface area contributed by atoms with Gasteiger partial charge in [0.05, 0.1) is 5.69 Å². The van der Waals surface area contributed by atoms with Crippen LogP contribution in [0, 0.1) is 0 Å². The van der Waals surface area contributed by atoms with E-state index in [0.29, 0.717) is 5.92 Å². The molecule has 0 bridgehead atoms. The highest BCUT2D eigenvalue weighted by Crippen LogP contribution is 2.42. The average molecular weight is 327 g/mol. The molecule has 0 saturated carbocycles. The fourth-order valence-electron chi connectivity index (χ4n) is 3.35. The minimum atomic E-state index is 0.200. The summed E-state index contributed by atoms with van der Waals surface area (Å²) < 4.78 is 0. The summed E-state index contributed by atoms with van der Waals surface area (Å²) in [6.07, 6.45) is 3.09. The second-order valence-electron chi connectivity index (χ2n) is 7.03. The van der Waals surface area contributed by atoms with E-state index in [4.69, 9.17) is 11.6 Å². The fraction of sp³-hybridized carbons (Fsp3) is 0.350. The van der Waals surface area contributed by atoms with Crippen molar-refractivity contribution in [2.45, 2.75) is 38.6 Å². The van der Waals surface area contributed by atoms with E-state index in [1.165, 1.54) is 11.3 Å². The van der Waals surface area contributed by atoms with E-state index in [0.717, 1.165) is 22.7 Å². The molecule has 3 heteroatoms. The molecule has 0 aromatic heterocycles. The quantitative estimate of drug-likeness (QED) is 0.635. The summed E-state index contributed by atoms with van der Waals surface area (Å²) in [6, 6.07) is 14.2. The van der Waals surface area contributed by atoms with Crippen LogP contribution in [0.25, 0.3) is 0 Å². The van der Waals surface area contributed by atoms with Gasteiger partial charge in [-0.1, -0.05) is 24.6 Å². The lowest BCUT2D eigenvalue weighted by atomic mass is 9.80. The summed E-state index contributed by atoms with van der Waals surface area (Å²) in [5.41, 5.74) is 4.99. The third-order valence-corrected chi connectivity index (χ3v) is 5.10. The van der Waals surface area contributed by atoms with Gasteiger partial charge in [0.15, 0.2) is 0 Å². The third-order valence-electron chi connectivity index (χ3n) is 4.85. The summed E-state index contributed by atoms with van der Waals surface area (Å²) >= 11 is 5.90. The normalized spacial score (nSPS) is 19.9. The van der Waals surface area contributed by atoms with Crippen LogP contribution in [0.5, 0.6) is 0 Å². The van der Waals surface area contributed by atoms with Crippen LogP contribution in [0.15, 0.2) is 47.5 Å². The van der Waals surface area contributed by atoms with Gasteiger partial charge in [0.25, 0.3) is 0 Å². The van der Waals surface area contributed by atoms with Crippen molar-refractivity contribution in [3.8, 4) is 0 Å². The molecule has 0 amide bonds. The molecular weight excluding hydrogens is 304 g/mol. The third kappa shape index (κ3) is 3.28. The smallest absolute Gasteiger partial charge is 0.0630 e. The second-order valence-corrected chi connectivity index (χ2v) is 7.47. The Morgan fingerprint density at radius 2 is 1.87 bits per heavy atom. The first kappa shape index (κ1) is 16.1. The van der Waals surface area contributed by atoms with Gasteiger partial charge < -0.3 is 4.90 Å². The Balaban J connectivity index is 1.89. The van der Waals surface area contributed by atoms with Crippen molar-refractivity contribution in [2.75, 3.05) is 11.9 Å². The van der Waals surface area contributed by atoms with E-state index >= 15 is 0 Å². The van der Waals surface area contributed by atoms with Crippen LogP contribution < -0.4 is 4.90 Å². The van der Waals surface area contributed by atoms with E-state index in [9.17, 15) is 0 Å². The molecule has 2 nitrogen and oxygen atoms in total. The molecule has 3 rings (SSSR count). The SMILES string of the molecule is CC1CC(C)(C)N(C)c2ccc(C=Nc3ccc(Cl)cc3)cc21. The number of rotatable bonds is 2. The molecule has 2 aromatic carbocycles. The van der Waals surface area contributed by atoms with Gasteiger partial charge in [-0.15, -0.1) is 0 Å². The molecule has 0 aliphatic carbocycles. The lowest BCUT2D eigenvalue weighted by molar-refractivity contribution is 0.395. The monoisotopic (exact) mass is 326 g/mol. The molecule has 0 saturated heterocycles. The molecule has 23 heavy (non-hydrogen) atoms. The maximum absolute atomic E-state index is 5.90. The minimum absolute atomic E-state index is 0.200. The fourth-order valence-corrected chi connectivity index (χ4v) is 3.48. The predicted octanol–water partition coefficient (Wildman–Crippen LogP) is 5.81. The number of halogens is 1. The van der Waals surface area contributed by atoms with Crippen LogP contribution in [0.2, 0.25) is 5.02 Å². The van der Waals surface area contributed by atoms with Gasteiger partial charge in [-0.2, -0.15) is 0 Å². The highest BCUT2D eigenvalue weighted by atomic mass is 35.5. The molecule has 0 spiro atoms. The summed E-state index contributed by atoms with van der Waals surface area (Å²) in [5, 5.41) is 0.734. The number of hydrogen-bond donors (Lipinski definition) is 0. The molecule has 120 valence electrons. The molecule has 1 unspecified atom stereocenters. The molecule has 0 fully saturated rings. The zero-order chi connectivity index (χ0) is 16.6. The first-order chi connectivity index (χ1) is 10.9. The van der Waals surface area contributed by atoms with Gasteiger partial charge in [-0.25, -0.2) is 0 Å². The largest absolute Gasteiger partial charge is 0.369 e. The van der Waals surface area contributed by atoms with Crippen molar-refractivity contribution < 1.29 is 0 Å². The summed E-state index contributed by atoms with van der Waals surface area (Å²) in [7, 11) is 2.19. The van der Waals surface area contributed by atoms with Gasteiger partial charge in [-0.05, 0) is 73.7 Å². The van der Waals surface area contributed by atoms with Crippen molar-refractivity contribution in [1.29, 1.82) is 0 Å². The number of hydrogen-bond acceptors (Lipinski definition) is 2. The lowest BCUT2D eigenvalue weighted by Gasteiger charge is -2.45. The van der Waals surface area contributed by atoms with E-state index in [1.54, 1.807) is 0 Å². The summed E-state index contributed by atoms with van der Waals surface area (Å²) in [6.45, 7) is 6.93. The molecule has 1 aliphatic rings. The van der Waals surface area contributed by atoms with E-state index < -0.39 is 0 Å². The van der Waals surface area contributed by atoms with Crippen molar-refractivity contribution in [3.05, 3.63) is 58.6 Å². The van der Waals surface area contributed by atoms with E-state index in [2.05, 4.69) is 55.9 Å². The van der Waals surface area contributed by atoms with Crippen LogP contribution in [-0.2, 0) is 0 Å². The lowest BCUT2D eigenvalue weighted by Crippen LogP contribution is -2.45. The molecule has 0 N–H and O–H groups in total. The van der Waals surface area contributed by atoms with Crippen molar-refractivity contribution >= 4 is 29.2 Å². The molecule has 2 aromatic rings. The van der Waals surface area contributed by atoms with E-state index in [1.807, 2.05) is 30.5 Å². The van der Waals surface area contributed by atoms with Crippen LogP contribution in [0.4, 0.5) is 11.4 Å². The number of aliphatic imine (C=N–C) groups is 1. The van der Waals surface area contributed by atoms with Crippen LogP contribution in [0.1, 0.15) is 44.2 Å². The molecule has 0 radical (unpaired) electrons. The number of anilines is 1. The topological polar surface area (TPSA) is 15.6 Å². The molecule has 1 heterocycles. The zero-order valence-corrected chi connectivity index (χ0v) is 14.9. The Kier molecular flexibility index (Phi) is 4.20. The zero-order valence-electron chi connectivity index (χ0n) is 14.2. The number of nitrogens with zero attached hydrogens (tertiary/aromatic N) is 2. The molecule has 1 aliphatic heterocycles. The maximum atomic E-state index is 5.90.